The lowest BCUT2D eigenvalue weighted by molar-refractivity contribution is -0.118. The summed E-state index contributed by atoms with van der Waals surface area (Å²) in [6.07, 6.45) is -0.115. The van der Waals surface area contributed by atoms with Crippen LogP contribution in [0.25, 0.3) is 0 Å². The molecule has 1 unspecified atom stereocenters. The second kappa shape index (κ2) is 5.36. The highest BCUT2D eigenvalue weighted by Crippen LogP contribution is 2.25. The molecule has 0 aromatic heterocycles. The van der Waals surface area contributed by atoms with E-state index in [-0.39, 0.29) is 11.7 Å². The Labute approximate surface area is 105 Å². The fourth-order valence-electron chi connectivity index (χ4n) is 1.48. The molecule has 0 saturated carbocycles. The van der Waals surface area contributed by atoms with Gasteiger partial charge >= 0.3 is 0 Å². The van der Waals surface area contributed by atoms with Crippen LogP contribution in [0.1, 0.15) is 24.7 Å². The van der Waals surface area contributed by atoms with Crippen molar-refractivity contribution >= 4 is 16.0 Å². The minimum absolute atomic E-state index is 0.00986. The maximum Gasteiger partial charge on any atom is 0.281 e. The Hall–Kier alpha value is -1.60. The first-order chi connectivity index (χ1) is 8.21. The van der Waals surface area contributed by atoms with Crippen molar-refractivity contribution in [3.8, 4) is 5.75 Å². The molecule has 7 heteroatoms. The van der Waals surface area contributed by atoms with Gasteiger partial charge in [-0.3, -0.25) is 15.1 Å². The van der Waals surface area contributed by atoms with E-state index in [1.807, 2.05) is 0 Å². The lowest BCUT2D eigenvalue weighted by Crippen LogP contribution is -2.22. The standard InChI is InChI=1S/C11H14NO5S/c1-7(2)17-9-5-3-4-8(6-9)10(11(12)13)18(14,15)16/h3-7,10,12H,1-2H3,(H,14,15,16). The number of amides is 1. The maximum absolute atomic E-state index is 11.1. The zero-order valence-corrected chi connectivity index (χ0v) is 10.8. The van der Waals surface area contributed by atoms with Gasteiger partial charge in [0.1, 0.15) is 5.75 Å². The quantitative estimate of drug-likeness (QED) is 0.811. The van der Waals surface area contributed by atoms with Crippen LogP contribution in [-0.2, 0) is 14.9 Å². The van der Waals surface area contributed by atoms with Crippen molar-refractivity contribution in [3.63, 3.8) is 0 Å². The number of ether oxygens (including phenoxy) is 1. The van der Waals surface area contributed by atoms with Gasteiger partial charge in [0.05, 0.1) is 6.10 Å². The van der Waals surface area contributed by atoms with Crippen LogP contribution in [0.4, 0.5) is 0 Å². The summed E-state index contributed by atoms with van der Waals surface area (Å²) in [4.78, 5) is 11.0. The fraction of sp³-hybridized carbons (Fsp3) is 0.364. The minimum Gasteiger partial charge on any atom is -0.491 e. The molecule has 1 radical (unpaired) electrons. The van der Waals surface area contributed by atoms with Crippen LogP contribution >= 0.6 is 0 Å². The lowest BCUT2D eigenvalue weighted by Gasteiger charge is -2.13. The van der Waals surface area contributed by atoms with Crippen LogP contribution < -0.4 is 10.5 Å². The van der Waals surface area contributed by atoms with Gasteiger partial charge in [-0.25, -0.2) is 0 Å². The van der Waals surface area contributed by atoms with Crippen LogP contribution in [0.2, 0.25) is 0 Å². The molecule has 1 atom stereocenters. The number of rotatable bonds is 5. The molecular weight excluding hydrogens is 258 g/mol. The molecule has 6 nitrogen and oxygen atoms in total. The number of hydrogen-bond donors (Lipinski definition) is 1. The van der Waals surface area contributed by atoms with Crippen molar-refractivity contribution in [2.45, 2.75) is 25.2 Å². The van der Waals surface area contributed by atoms with Gasteiger partial charge in [0.25, 0.3) is 16.0 Å². The monoisotopic (exact) mass is 272 g/mol. The van der Waals surface area contributed by atoms with Gasteiger partial charge < -0.3 is 4.74 Å². The molecule has 0 heterocycles. The molecule has 0 aliphatic heterocycles. The molecule has 0 bridgehead atoms. The van der Waals surface area contributed by atoms with Crippen LogP contribution in [0.15, 0.2) is 24.3 Å². The largest absolute Gasteiger partial charge is 0.491 e. The summed E-state index contributed by atoms with van der Waals surface area (Å²) in [6.45, 7) is 3.59. The van der Waals surface area contributed by atoms with Crippen molar-refractivity contribution in [2.75, 3.05) is 0 Å². The summed E-state index contributed by atoms with van der Waals surface area (Å²) in [7, 11) is -4.66. The third-order valence-corrected chi connectivity index (χ3v) is 3.15. The summed E-state index contributed by atoms with van der Waals surface area (Å²) in [5.74, 6) is -1.02. The molecule has 0 aliphatic rings. The summed E-state index contributed by atoms with van der Waals surface area (Å²) in [6, 6.07) is 5.76. The fourth-order valence-corrected chi connectivity index (χ4v) is 2.24. The van der Waals surface area contributed by atoms with Crippen LogP contribution in [0.3, 0.4) is 0 Å². The van der Waals surface area contributed by atoms with Gasteiger partial charge in [-0.15, -0.1) is 0 Å². The third kappa shape index (κ3) is 3.71. The van der Waals surface area contributed by atoms with Crippen molar-refractivity contribution in [3.05, 3.63) is 29.8 Å². The van der Waals surface area contributed by atoms with E-state index in [1.165, 1.54) is 18.2 Å². The highest BCUT2D eigenvalue weighted by atomic mass is 32.2. The second-order valence-corrected chi connectivity index (χ2v) is 5.50. The van der Waals surface area contributed by atoms with E-state index in [9.17, 15) is 13.2 Å². The highest BCUT2D eigenvalue weighted by molar-refractivity contribution is 7.86. The van der Waals surface area contributed by atoms with Crippen LogP contribution in [0, 0.1) is 0 Å². The molecule has 0 aliphatic carbocycles. The second-order valence-electron chi connectivity index (χ2n) is 4.00. The van der Waals surface area contributed by atoms with E-state index >= 15 is 0 Å². The van der Waals surface area contributed by atoms with E-state index in [2.05, 4.69) is 0 Å². The Morgan fingerprint density at radius 3 is 2.44 bits per heavy atom. The minimum atomic E-state index is -4.66. The maximum atomic E-state index is 11.1. The van der Waals surface area contributed by atoms with Gasteiger partial charge in [0, 0.05) is 0 Å². The topological polar surface area (TPSA) is 104 Å². The van der Waals surface area contributed by atoms with Crippen LogP contribution in [0.5, 0.6) is 5.75 Å². The van der Waals surface area contributed by atoms with E-state index < -0.39 is 21.3 Å². The molecule has 0 fully saturated rings. The number of nitrogens with one attached hydrogen (secondary N) is 1. The van der Waals surface area contributed by atoms with Crippen molar-refractivity contribution in [1.29, 1.82) is 0 Å². The first kappa shape index (κ1) is 14.5. The smallest absolute Gasteiger partial charge is 0.281 e. The number of carbonyl (C=O) groups excluding carboxylic acids is 1. The van der Waals surface area contributed by atoms with E-state index in [4.69, 9.17) is 15.0 Å². The summed E-state index contributed by atoms with van der Waals surface area (Å²) in [5, 5.41) is -1.90. The van der Waals surface area contributed by atoms with E-state index in [1.54, 1.807) is 19.9 Å². The molecule has 0 saturated heterocycles. The van der Waals surface area contributed by atoms with Gasteiger partial charge in [0.15, 0.2) is 5.25 Å². The normalized spacial score (nSPS) is 13.3. The predicted octanol–water partition coefficient (Wildman–Crippen LogP) is 1.21. The predicted molar refractivity (Wildman–Crippen MR) is 64.6 cm³/mol. The average Bonchev–Trinajstić information content (AvgIpc) is 2.13. The summed E-state index contributed by atoms with van der Waals surface area (Å²) < 4.78 is 36.5. The molecule has 18 heavy (non-hydrogen) atoms. The van der Waals surface area contributed by atoms with Gasteiger partial charge in [0.2, 0.25) is 0 Å². The van der Waals surface area contributed by atoms with E-state index in [0.29, 0.717) is 5.75 Å². The Kier molecular flexibility index (Phi) is 4.31. The Balaban J connectivity index is 3.18. The molecular formula is C11H14NO5S. The zero-order valence-electron chi connectivity index (χ0n) is 9.95. The summed E-state index contributed by atoms with van der Waals surface area (Å²) >= 11 is 0. The first-order valence-electron chi connectivity index (χ1n) is 5.20. The SMILES string of the molecule is CC(C)Oc1cccc(C(C([NH])=O)S(=O)(=O)O)c1. The molecule has 1 aromatic carbocycles. The first-order valence-corrected chi connectivity index (χ1v) is 6.70. The zero-order chi connectivity index (χ0) is 13.9. The molecule has 1 aromatic rings. The number of hydrogen-bond acceptors (Lipinski definition) is 4. The van der Waals surface area contributed by atoms with Crippen molar-refractivity contribution in [1.82, 2.24) is 5.73 Å². The Morgan fingerprint density at radius 2 is 2.00 bits per heavy atom. The molecule has 99 valence electrons. The molecule has 0 spiro atoms. The van der Waals surface area contributed by atoms with Gasteiger partial charge in [-0.2, -0.15) is 8.42 Å². The third-order valence-electron chi connectivity index (χ3n) is 2.07. The Bertz CT molecular complexity index is 538. The van der Waals surface area contributed by atoms with Gasteiger partial charge in [-0.1, -0.05) is 12.1 Å². The van der Waals surface area contributed by atoms with E-state index in [0.717, 1.165) is 0 Å². The molecule has 1 amide bonds. The molecule has 1 rings (SSSR count). The summed E-state index contributed by atoms with van der Waals surface area (Å²) in [5.41, 5.74) is 6.93. The van der Waals surface area contributed by atoms with Crippen LogP contribution in [-0.4, -0.2) is 25.0 Å². The number of carbonyl (C=O) groups is 1. The van der Waals surface area contributed by atoms with Crippen molar-refractivity contribution < 1.29 is 22.5 Å². The Morgan fingerprint density at radius 1 is 1.39 bits per heavy atom. The lowest BCUT2D eigenvalue weighted by atomic mass is 10.1. The van der Waals surface area contributed by atoms with Gasteiger partial charge in [-0.05, 0) is 31.5 Å². The number of benzene rings is 1. The highest BCUT2D eigenvalue weighted by Gasteiger charge is 2.31. The van der Waals surface area contributed by atoms with Crippen molar-refractivity contribution in [2.24, 2.45) is 0 Å². The average molecular weight is 272 g/mol. The molecule has 2 N–H and O–H groups in total.